The number of rotatable bonds is 9. The molecule has 37 heavy (non-hydrogen) atoms. The lowest BCUT2D eigenvalue weighted by molar-refractivity contribution is 0.598. The molecule has 2 aromatic heterocycles. The summed E-state index contributed by atoms with van der Waals surface area (Å²) in [5, 5.41) is 4.05. The van der Waals surface area contributed by atoms with Crippen LogP contribution >= 0.6 is 11.3 Å². The molecule has 0 amide bonds. The predicted octanol–water partition coefficient (Wildman–Crippen LogP) is 6.71. The zero-order chi connectivity index (χ0) is 26.7. The molecule has 0 unspecified atom stereocenters. The minimum atomic E-state index is -3.99. The predicted molar refractivity (Wildman–Crippen MR) is 148 cm³/mol. The van der Waals surface area contributed by atoms with Gasteiger partial charge in [-0.2, -0.15) is 0 Å². The van der Waals surface area contributed by atoms with Crippen LogP contribution in [-0.4, -0.2) is 29.9 Å². The lowest BCUT2D eigenvalue weighted by atomic mass is 10.1. The first-order valence-corrected chi connectivity index (χ1v) is 14.3. The van der Waals surface area contributed by atoms with Crippen molar-refractivity contribution in [2.45, 2.75) is 45.4 Å². The minimum absolute atomic E-state index is 0.0960. The van der Waals surface area contributed by atoms with Crippen molar-refractivity contribution in [3.8, 4) is 21.8 Å². The summed E-state index contributed by atoms with van der Waals surface area (Å²) < 4.78 is 44.4. The second kappa shape index (κ2) is 10.9. The highest BCUT2D eigenvalue weighted by molar-refractivity contribution is 7.92. The number of halogens is 1. The molecule has 0 bridgehead atoms. The largest absolute Gasteiger partial charge is 0.354 e. The normalized spacial score (nSPS) is 11.8. The number of hydrogen-bond acceptors (Lipinski definition) is 7. The molecule has 4 rings (SSSR count). The fourth-order valence-electron chi connectivity index (χ4n) is 3.66. The third-order valence-electron chi connectivity index (χ3n) is 5.58. The molecule has 0 aliphatic rings. The summed E-state index contributed by atoms with van der Waals surface area (Å²) in [5.41, 5.74) is 1.65. The van der Waals surface area contributed by atoms with Gasteiger partial charge >= 0.3 is 0 Å². The van der Waals surface area contributed by atoms with Gasteiger partial charge in [0.1, 0.15) is 0 Å². The minimum Gasteiger partial charge on any atom is -0.354 e. The first-order valence-electron chi connectivity index (χ1n) is 12.0. The highest BCUT2D eigenvalue weighted by Gasteiger charge is 2.24. The van der Waals surface area contributed by atoms with Crippen LogP contribution in [-0.2, 0) is 10.0 Å². The van der Waals surface area contributed by atoms with Crippen LogP contribution in [0.15, 0.2) is 59.6 Å². The maximum absolute atomic E-state index is 15.9. The van der Waals surface area contributed by atoms with Crippen LogP contribution < -0.4 is 10.0 Å². The van der Waals surface area contributed by atoms with Gasteiger partial charge in [-0.1, -0.05) is 52.0 Å². The van der Waals surface area contributed by atoms with Crippen LogP contribution in [0.25, 0.3) is 21.8 Å². The Morgan fingerprint density at radius 3 is 2.46 bits per heavy atom. The van der Waals surface area contributed by atoms with Crippen molar-refractivity contribution < 1.29 is 12.8 Å². The molecular weight excluding hydrogens is 509 g/mol. The van der Waals surface area contributed by atoms with E-state index in [1.54, 1.807) is 49.5 Å². The van der Waals surface area contributed by atoms with E-state index in [2.05, 4.69) is 33.9 Å². The monoisotopic (exact) mass is 539 g/mol. The maximum Gasteiger partial charge on any atom is 0.262 e. The summed E-state index contributed by atoms with van der Waals surface area (Å²) in [4.78, 5) is 14.5. The Kier molecular flexibility index (Phi) is 7.89. The number of nitrogens with one attached hydrogen (secondary N) is 2. The molecule has 0 spiro atoms. The second-order valence-corrected chi connectivity index (χ2v) is 12.1. The molecule has 0 saturated carbocycles. The van der Waals surface area contributed by atoms with E-state index in [9.17, 15) is 8.42 Å². The molecule has 0 saturated heterocycles. The third kappa shape index (κ3) is 5.97. The van der Waals surface area contributed by atoms with Crippen LogP contribution in [0, 0.1) is 18.7 Å². The Hall–Kier alpha value is -3.37. The van der Waals surface area contributed by atoms with Crippen molar-refractivity contribution in [1.82, 2.24) is 15.0 Å². The van der Waals surface area contributed by atoms with Crippen molar-refractivity contribution in [3.05, 3.63) is 71.1 Å². The van der Waals surface area contributed by atoms with Gasteiger partial charge in [-0.05, 0) is 42.7 Å². The van der Waals surface area contributed by atoms with Crippen LogP contribution in [0.3, 0.4) is 0 Å². The molecule has 0 atom stereocenters. The Balaban J connectivity index is 1.78. The molecule has 4 aromatic rings. The first kappa shape index (κ1) is 26.7. The van der Waals surface area contributed by atoms with Crippen molar-refractivity contribution in [2.24, 2.45) is 5.92 Å². The number of anilines is 2. The van der Waals surface area contributed by atoms with Gasteiger partial charge in [-0.25, -0.2) is 27.8 Å². The molecule has 2 aromatic carbocycles. The Labute approximate surface area is 221 Å². The molecule has 2 N–H and O–H groups in total. The van der Waals surface area contributed by atoms with Crippen LogP contribution in [0.5, 0.6) is 0 Å². The Bertz CT molecular complexity index is 1520. The average Bonchev–Trinajstić information content (AvgIpc) is 3.30. The molecule has 0 aliphatic carbocycles. The van der Waals surface area contributed by atoms with Crippen LogP contribution in [0.2, 0.25) is 0 Å². The number of sulfonamides is 1. The van der Waals surface area contributed by atoms with E-state index in [4.69, 9.17) is 4.98 Å². The zero-order valence-corrected chi connectivity index (χ0v) is 23.0. The molecule has 10 heteroatoms. The summed E-state index contributed by atoms with van der Waals surface area (Å²) in [6.45, 7) is 10.6. The second-order valence-electron chi connectivity index (χ2n) is 9.46. The van der Waals surface area contributed by atoms with E-state index >= 15 is 4.39 Å². The van der Waals surface area contributed by atoms with E-state index in [-0.39, 0.29) is 22.1 Å². The Morgan fingerprint density at radius 1 is 1.00 bits per heavy atom. The van der Waals surface area contributed by atoms with Gasteiger partial charge in [0.25, 0.3) is 10.0 Å². The van der Waals surface area contributed by atoms with E-state index in [1.165, 1.54) is 23.5 Å². The molecule has 0 radical (unpaired) electrons. The topological polar surface area (TPSA) is 96.9 Å². The van der Waals surface area contributed by atoms with Crippen LogP contribution in [0.1, 0.15) is 44.2 Å². The van der Waals surface area contributed by atoms with Gasteiger partial charge < -0.3 is 5.32 Å². The quantitative estimate of drug-likeness (QED) is 0.245. The zero-order valence-electron chi connectivity index (χ0n) is 21.4. The van der Waals surface area contributed by atoms with Gasteiger partial charge in [-0.3, -0.25) is 4.72 Å². The van der Waals surface area contributed by atoms with Crippen LogP contribution in [0.4, 0.5) is 16.0 Å². The number of hydrogen-bond donors (Lipinski definition) is 2. The van der Waals surface area contributed by atoms with Crippen molar-refractivity contribution >= 4 is 33.0 Å². The maximum atomic E-state index is 15.9. The summed E-state index contributed by atoms with van der Waals surface area (Å²) in [5.74, 6) is 0.313. The molecular formula is C27H30FN5O2S2. The van der Waals surface area contributed by atoms with Gasteiger partial charge in [0.15, 0.2) is 5.82 Å². The fraction of sp³-hybridized carbons (Fsp3) is 0.296. The molecule has 0 fully saturated rings. The van der Waals surface area contributed by atoms with Crippen molar-refractivity contribution in [1.29, 1.82) is 0 Å². The average molecular weight is 540 g/mol. The number of thiazole rings is 1. The first-order chi connectivity index (χ1) is 17.6. The number of nitrogens with zero attached hydrogens (tertiary/aromatic N) is 3. The number of aromatic nitrogens is 3. The summed E-state index contributed by atoms with van der Waals surface area (Å²) >= 11 is 1.44. The highest BCUT2D eigenvalue weighted by atomic mass is 32.2. The number of benzene rings is 2. The highest BCUT2D eigenvalue weighted by Crippen LogP contribution is 2.40. The lowest BCUT2D eigenvalue weighted by Crippen LogP contribution is -2.15. The van der Waals surface area contributed by atoms with Crippen molar-refractivity contribution in [3.63, 3.8) is 0 Å². The molecule has 7 nitrogen and oxygen atoms in total. The fourth-order valence-corrected chi connectivity index (χ4v) is 6.02. The van der Waals surface area contributed by atoms with Gasteiger partial charge in [0.05, 0.1) is 31.9 Å². The summed E-state index contributed by atoms with van der Waals surface area (Å²) in [7, 11) is -3.99. The summed E-state index contributed by atoms with van der Waals surface area (Å²) in [6.07, 6.45) is 1.66. The Morgan fingerprint density at radius 2 is 1.76 bits per heavy atom. The standard InChI is InChI=1S/C27H30FN5O2S2/c1-16(2)15-30-27-29-14-13-21(31-27)25-24(32-26(36-25)17(3)4)19-10-8-11-20(23(19)28)33-37(34,35)22-12-7-6-9-18(22)5/h6-14,16-17,33H,15H2,1-5H3,(H,29,30,31). The smallest absolute Gasteiger partial charge is 0.262 e. The van der Waals surface area contributed by atoms with Gasteiger partial charge in [0.2, 0.25) is 5.95 Å². The lowest BCUT2D eigenvalue weighted by Gasteiger charge is -2.13. The molecule has 0 aliphatic heterocycles. The number of aryl methyl sites for hydroxylation is 1. The van der Waals surface area contributed by atoms with E-state index in [0.29, 0.717) is 40.2 Å². The summed E-state index contributed by atoms with van der Waals surface area (Å²) in [6, 6.07) is 13.0. The van der Waals surface area contributed by atoms with E-state index in [0.717, 1.165) is 5.01 Å². The van der Waals surface area contributed by atoms with E-state index < -0.39 is 15.8 Å². The SMILES string of the molecule is Cc1ccccc1S(=O)(=O)Nc1cccc(-c2nc(C(C)C)sc2-c2ccnc(NCC(C)C)n2)c1F. The van der Waals surface area contributed by atoms with E-state index in [1.807, 2.05) is 13.8 Å². The van der Waals surface area contributed by atoms with Crippen molar-refractivity contribution in [2.75, 3.05) is 16.6 Å². The van der Waals surface area contributed by atoms with Gasteiger partial charge in [-0.15, -0.1) is 11.3 Å². The third-order valence-corrected chi connectivity index (χ3v) is 8.48. The molecule has 2 heterocycles. The van der Waals surface area contributed by atoms with Gasteiger partial charge in [0, 0.05) is 24.2 Å². The molecule has 194 valence electrons.